The van der Waals surface area contributed by atoms with E-state index in [9.17, 15) is 34.5 Å². The van der Waals surface area contributed by atoms with Crippen molar-refractivity contribution in [1.29, 1.82) is 0 Å². The van der Waals surface area contributed by atoms with E-state index in [-0.39, 0.29) is 72.1 Å². The molecule has 0 saturated carbocycles. The van der Waals surface area contributed by atoms with E-state index >= 15 is 0 Å². The van der Waals surface area contributed by atoms with Gasteiger partial charge in [0.05, 0.1) is 17.5 Å². The Morgan fingerprint density at radius 2 is 1.02 bits per heavy atom. The van der Waals surface area contributed by atoms with E-state index in [1.54, 1.807) is 60.7 Å². The molecule has 0 bridgehead atoms. The van der Waals surface area contributed by atoms with E-state index in [2.05, 4.69) is 0 Å². The van der Waals surface area contributed by atoms with Crippen LogP contribution in [0.4, 0.5) is 0 Å². The molecule has 0 saturated heterocycles. The molecule has 45 heavy (non-hydrogen) atoms. The third kappa shape index (κ3) is 9.15. The van der Waals surface area contributed by atoms with Crippen LogP contribution < -0.4 is 9.47 Å². The number of ketones is 2. The maximum Gasteiger partial charge on any atom is 0.335 e. The van der Waals surface area contributed by atoms with Crippen molar-refractivity contribution in [3.05, 3.63) is 119 Å². The van der Waals surface area contributed by atoms with Gasteiger partial charge in [-0.05, 0) is 24.3 Å². The molecule has 0 aromatic heterocycles. The highest BCUT2D eigenvalue weighted by molar-refractivity contribution is 6.11. The van der Waals surface area contributed by atoms with Gasteiger partial charge in [0, 0.05) is 23.3 Å². The number of aromatic hydroxyl groups is 2. The molecule has 0 radical (unpaired) electrons. The first kappa shape index (κ1) is 32.2. The van der Waals surface area contributed by atoms with E-state index in [0.29, 0.717) is 11.1 Å². The summed E-state index contributed by atoms with van der Waals surface area (Å²) in [5, 5.41) is 30.5. The zero-order valence-electron chi connectivity index (χ0n) is 24.0. The van der Waals surface area contributed by atoms with E-state index in [4.69, 9.17) is 18.9 Å². The molecule has 3 N–H and O–H groups in total. The van der Waals surface area contributed by atoms with Crippen molar-refractivity contribution in [2.45, 2.75) is 12.5 Å². The minimum absolute atomic E-state index is 0.0913. The average Bonchev–Trinajstić information content (AvgIpc) is 3.05. The summed E-state index contributed by atoms with van der Waals surface area (Å²) in [7, 11) is 0. The van der Waals surface area contributed by atoms with Crippen LogP contribution in [0, 0.1) is 0 Å². The molecule has 0 aliphatic heterocycles. The minimum atomic E-state index is -1.77. The molecule has 1 unspecified atom stereocenters. The second-order valence-corrected chi connectivity index (χ2v) is 9.55. The van der Waals surface area contributed by atoms with Gasteiger partial charge in [0.25, 0.3) is 0 Å². The van der Waals surface area contributed by atoms with Crippen LogP contribution in [0.15, 0.2) is 97.1 Å². The fraction of sp³-hybridized carbons (Fsp3) is 0.176. The van der Waals surface area contributed by atoms with Crippen molar-refractivity contribution in [3.63, 3.8) is 0 Å². The highest BCUT2D eigenvalue weighted by atomic mass is 16.6. The molecular formula is C34H30O11. The predicted octanol–water partition coefficient (Wildman–Crippen LogP) is 3.86. The molecule has 0 spiro atoms. The van der Waals surface area contributed by atoms with Crippen molar-refractivity contribution in [2.24, 2.45) is 0 Å². The van der Waals surface area contributed by atoms with Crippen LogP contribution in [0.1, 0.15) is 38.3 Å². The number of phenols is 2. The Kier molecular flexibility index (Phi) is 11.2. The average molecular weight is 615 g/mol. The Hall–Kier alpha value is -5.68. The maximum absolute atomic E-state index is 12.5. The van der Waals surface area contributed by atoms with Crippen LogP contribution in [0.3, 0.4) is 0 Å². The zero-order chi connectivity index (χ0) is 32.2. The number of rotatable bonds is 15. The summed E-state index contributed by atoms with van der Waals surface area (Å²) in [5.41, 5.74) is 1.06. The first-order valence-electron chi connectivity index (χ1n) is 13.8. The molecule has 4 rings (SSSR count). The highest BCUT2D eigenvalue weighted by Gasteiger charge is 2.22. The second kappa shape index (κ2) is 15.7. The molecule has 4 aromatic carbocycles. The number of phenolic OH excluding ortho intramolecular Hbond substituents is 2. The molecule has 0 amide bonds. The van der Waals surface area contributed by atoms with Gasteiger partial charge in [0.2, 0.25) is 0 Å². The molecule has 0 heterocycles. The monoisotopic (exact) mass is 614 g/mol. The largest absolute Gasteiger partial charge is 0.507 e. The Morgan fingerprint density at radius 1 is 0.578 bits per heavy atom. The topological polar surface area (TPSA) is 166 Å². The number of aliphatic hydroxyl groups excluding tert-OH is 1. The van der Waals surface area contributed by atoms with E-state index in [1.807, 2.05) is 0 Å². The molecule has 232 valence electrons. The van der Waals surface area contributed by atoms with Gasteiger partial charge in [0.15, 0.2) is 17.7 Å². The number of ether oxygens (including phenoxy) is 4. The number of hydrogen-bond acceptors (Lipinski definition) is 11. The van der Waals surface area contributed by atoms with E-state index in [0.717, 1.165) is 0 Å². The van der Waals surface area contributed by atoms with Crippen LogP contribution in [0.2, 0.25) is 0 Å². The molecular weight excluding hydrogens is 584 g/mol. The standard InChI is InChI=1S/C34H30O11/c35-28-19-24(11-13-26(28)32(39)22-7-3-1-4-8-22)42-15-17-44-31(38)21-30(37)34(41)45-18-16-43-25-12-14-27(29(36)20-25)33(40)23-9-5-2-6-10-23/h1-14,19-20,30,35-37H,15-18,21H2. The summed E-state index contributed by atoms with van der Waals surface area (Å²) in [6.07, 6.45) is -2.42. The molecule has 1 atom stereocenters. The van der Waals surface area contributed by atoms with Crippen molar-refractivity contribution in [2.75, 3.05) is 26.4 Å². The lowest BCUT2D eigenvalue weighted by molar-refractivity contribution is -0.160. The van der Waals surface area contributed by atoms with Gasteiger partial charge in [-0.3, -0.25) is 14.4 Å². The van der Waals surface area contributed by atoms with Crippen molar-refractivity contribution in [3.8, 4) is 23.0 Å². The number of hydrogen-bond donors (Lipinski definition) is 3. The van der Waals surface area contributed by atoms with Crippen LogP contribution in [0.25, 0.3) is 0 Å². The van der Waals surface area contributed by atoms with Crippen molar-refractivity contribution >= 4 is 23.5 Å². The quantitative estimate of drug-likeness (QED) is 0.101. The Bertz CT molecular complexity index is 1630. The van der Waals surface area contributed by atoms with Crippen molar-refractivity contribution < 1.29 is 53.4 Å². The van der Waals surface area contributed by atoms with Crippen LogP contribution in [0.5, 0.6) is 23.0 Å². The summed E-state index contributed by atoms with van der Waals surface area (Å²) in [6, 6.07) is 25.3. The number of esters is 2. The summed E-state index contributed by atoms with van der Waals surface area (Å²) >= 11 is 0. The number of carbonyl (C=O) groups is 4. The fourth-order valence-electron chi connectivity index (χ4n) is 4.09. The normalized spacial score (nSPS) is 11.2. The summed E-state index contributed by atoms with van der Waals surface area (Å²) < 4.78 is 20.7. The lowest BCUT2D eigenvalue weighted by Crippen LogP contribution is -2.28. The van der Waals surface area contributed by atoms with Gasteiger partial charge in [0.1, 0.15) is 49.4 Å². The third-order valence-corrected chi connectivity index (χ3v) is 6.34. The van der Waals surface area contributed by atoms with Crippen LogP contribution in [-0.2, 0) is 19.1 Å². The highest BCUT2D eigenvalue weighted by Crippen LogP contribution is 2.27. The SMILES string of the molecule is O=C(CC(O)C(=O)OCCOc1ccc(C(=O)c2ccccc2)c(O)c1)OCCOc1ccc(C(=O)c2ccccc2)c(O)c1. The Morgan fingerprint density at radius 3 is 1.47 bits per heavy atom. The van der Waals surface area contributed by atoms with Gasteiger partial charge in [-0.25, -0.2) is 4.79 Å². The summed E-state index contributed by atoms with van der Waals surface area (Å²) in [4.78, 5) is 49.1. The summed E-state index contributed by atoms with van der Waals surface area (Å²) in [5.74, 6) is -2.69. The third-order valence-electron chi connectivity index (χ3n) is 6.34. The smallest absolute Gasteiger partial charge is 0.335 e. The van der Waals surface area contributed by atoms with Gasteiger partial charge in [-0.2, -0.15) is 0 Å². The molecule has 0 aliphatic carbocycles. The first-order valence-corrected chi connectivity index (χ1v) is 13.8. The second-order valence-electron chi connectivity index (χ2n) is 9.55. The zero-order valence-corrected chi connectivity index (χ0v) is 24.0. The van der Waals surface area contributed by atoms with Gasteiger partial charge in [-0.15, -0.1) is 0 Å². The maximum atomic E-state index is 12.5. The molecule has 0 fully saturated rings. The first-order chi connectivity index (χ1) is 21.7. The Balaban J connectivity index is 1.12. The van der Waals surface area contributed by atoms with E-state index in [1.165, 1.54) is 36.4 Å². The lowest BCUT2D eigenvalue weighted by atomic mass is 10.0. The van der Waals surface area contributed by atoms with Gasteiger partial charge in [-0.1, -0.05) is 60.7 Å². The van der Waals surface area contributed by atoms with Gasteiger partial charge >= 0.3 is 11.9 Å². The van der Waals surface area contributed by atoms with Crippen LogP contribution >= 0.6 is 0 Å². The lowest BCUT2D eigenvalue weighted by Gasteiger charge is -2.12. The molecule has 0 aliphatic rings. The van der Waals surface area contributed by atoms with Crippen LogP contribution in [-0.4, -0.2) is 71.4 Å². The molecule has 11 nitrogen and oxygen atoms in total. The number of carbonyl (C=O) groups excluding carboxylic acids is 4. The number of benzene rings is 4. The van der Waals surface area contributed by atoms with Crippen molar-refractivity contribution in [1.82, 2.24) is 0 Å². The Labute approximate surface area is 258 Å². The molecule has 4 aromatic rings. The minimum Gasteiger partial charge on any atom is -0.507 e. The predicted molar refractivity (Wildman–Crippen MR) is 159 cm³/mol. The summed E-state index contributed by atoms with van der Waals surface area (Å²) in [6.45, 7) is -0.677. The fourth-order valence-corrected chi connectivity index (χ4v) is 4.09. The molecule has 11 heteroatoms. The number of aliphatic hydroxyl groups is 1. The van der Waals surface area contributed by atoms with E-state index < -0.39 is 24.5 Å². The van der Waals surface area contributed by atoms with Gasteiger partial charge < -0.3 is 34.3 Å².